The van der Waals surface area contributed by atoms with Crippen LogP contribution in [0, 0.1) is 6.92 Å². The number of piperazine rings is 3. The van der Waals surface area contributed by atoms with E-state index >= 15 is 0 Å². The number of aliphatic imine (C=N–C) groups is 1. The Balaban J connectivity index is 0.00000210. The quantitative estimate of drug-likeness (QED) is 0.389. The first-order chi connectivity index (χ1) is 12.7. The first kappa shape index (κ1) is 20.4. The van der Waals surface area contributed by atoms with Gasteiger partial charge < -0.3 is 15.1 Å². The van der Waals surface area contributed by atoms with Crippen LogP contribution in [0.4, 0.5) is 0 Å². The summed E-state index contributed by atoms with van der Waals surface area (Å²) >= 11 is 0. The molecule has 148 valence electrons. The van der Waals surface area contributed by atoms with Gasteiger partial charge >= 0.3 is 0 Å². The largest absolute Gasteiger partial charge is 0.459 e. The zero-order valence-electron chi connectivity index (χ0n) is 16.2. The van der Waals surface area contributed by atoms with Crippen LogP contribution in [0.5, 0.6) is 0 Å². The fourth-order valence-electron chi connectivity index (χ4n) is 4.00. The minimum absolute atomic E-state index is 0. The van der Waals surface area contributed by atoms with Gasteiger partial charge in [0.2, 0.25) is 0 Å². The topological polar surface area (TPSA) is 56.0 Å². The van der Waals surface area contributed by atoms with E-state index in [9.17, 15) is 0 Å². The Morgan fingerprint density at radius 3 is 2.63 bits per heavy atom. The van der Waals surface area contributed by atoms with Crippen molar-refractivity contribution in [2.24, 2.45) is 4.99 Å². The highest BCUT2D eigenvalue weighted by Crippen LogP contribution is 2.25. The lowest BCUT2D eigenvalue weighted by Gasteiger charge is -2.47. The molecule has 1 unspecified atom stereocenters. The van der Waals surface area contributed by atoms with Gasteiger partial charge in [0, 0.05) is 62.8 Å². The number of fused-ring (bicyclic) bond motifs is 4. The lowest BCUT2D eigenvalue weighted by molar-refractivity contribution is 0.0154. The predicted octanol–water partition coefficient (Wildman–Crippen LogP) is 2.41. The van der Waals surface area contributed by atoms with Crippen LogP contribution in [0.2, 0.25) is 0 Å². The van der Waals surface area contributed by atoms with E-state index in [0.29, 0.717) is 12.6 Å². The lowest BCUT2D eigenvalue weighted by atomic mass is 10.1. The summed E-state index contributed by atoms with van der Waals surface area (Å²) in [5.74, 6) is 1.81. The number of aryl methyl sites for hydroxylation is 1. The fraction of sp³-hybridized carbons (Fsp3) is 0.550. The summed E-state index contributed by atoms with van der Waals surface area (Å²) in [6.07, 6.45) is 0. The Kier molecular flexibility index (Phi) is 6.99. The lowest BCUT2D eigenvalue weighted by Crippen LogP contribution is -2.63. The normalized spacial score (nSPS) is 24.7. The Morgan fingerprint density at radius 1 is 1.19 bits per heavy atom. The molecule has 0 spiro atoms. The highest BCUT2D eigenvalue weighted by atomic mass is 127. The molecule has 27 heavy (non-hydrogen) atoms. The first-order valence-corrected chi connectivity index (χ1v) is 9.70. The molecule has 7 heteroatoms. The fourth-order valence-corrected chi connectivity index (χ4v) is 4.00. The predicted molar refractivity (Wildman–Crippen MR) is 121 cm³/mol. The smallest absolute Gasteiger partial charge is 0.191 e. The molecule has 3 fully saturated rings. The van der Waals surface area contributed by atoms with Crippen LogP contribution in [0.15, 0.2) is 33.7 Å². The van der Waals surface area contributed by atoms with Crippen LogP contribution < -0.4 is 10.6 Å². The molecule has 6 nitrogen and oxygen atoms in total. The summed E-state index contributed by atoms with van der Waals surface area (Å²) in [6.45, 7) is 12.5. The van der Waals surface area contributed by atoms with Crippen LogP contribution in [0.1, 0.15) is 18.2 Å². The number of halogens is 1. The third kappa shape index (κ3) is 4.57. The van der Waals surface area contributed by atoms with Crippen molar-refractivity contribution in [3.8, 4) is 0 Å². The summed E-state index contributed by atoms with van der Waals surface area (Å²) in [7, 11) is 0. The van der Waals surface area contributed by atoms with Gasteiger partial charge in [-0.1, -0.05) is 18.2 Å². The molecule has 0 aliphatic carbocycles. The van der Waals surface area contributed by atoms with Crippen molar-refractivity contribution in [2.75, 3.05) is 45.8 Å². The van der Waals surface area contributed by atoms with Gasteiger partial charge in [-0.3, -0.25) is 9.80 Å². The van der Waals surface area contributed by atoms with E-state index in [1.807, 2.05) is 18.2 Å². The van der Waals surface area contributed by atoms with Crippen LogP contribution in [0.3, 0.4) is 0 Å². The van der Waals surface area contributed by atoms with E-state index < -0.39 is 0 Å². The van der Waals surface area contributed by atoms with Crippen molar-refractivity contribution in [3.05, 3.63) is 35.6 Å². The molecule has 3 saturated heterocycles. The van der Waals surface area contributed by atoms with E-state index in [1.54, 1.807) is 0 Å². The second-order valence-corrected chi connectivity index (χ2v) is 7.21. The minimum Gasteiger partial charge on any atom is -0.459 e. The van der Waals surface area contributed by atoms with E-state index in [4.69, 9.17) is 9.41 Å². The molecule has 2 aromatic rings. The molecule has 1 aromatic carbocycles. The molecule has 3 aliphatic rings. The summed E-state index contributed by atoms with van der Waals surface area (Å²) < 4.78 is 5.98. The van der Waals surface area contributed by atoms with Gasteiger partial charge in [0.15, 0.2) is 5.96 Å². The monoisotopic (exact) mass is 483 g/mol. The third-order valence-corrected chi connectivity index (χ3v) is 5.56. The van der Waals surface area contributed by atoms with E-state index in [-0.39, 0.29) is 24.0 Å². The van der Waals surface area contributed by atoms with Crippen molar-refractivity contribution in [1.82, 2.24) is 20.4 Å². The second kappa shape index (κ2) is 9.25. The second-order valence-electron chi connectivity index (χ2n) is 7.21. The summed E-state index contributed by atoms with van der Waals surface area (Å²) in [5, 5.41) is 8.06. The standard InChI is InChI=1S/C20H29N5O.HI/c1-3-21-20(22-12-16-14-24-8-10-25(16)11-9-24)23-13-19-15(2)17-6-4-5-7-18(17)26-19;/h4-7,16H,3,8-14H2,1-2H3,(H2,21,22,23);1H. The molecule has 2 N–H and O–H groups in total. The maximum atomic E-state index is 5.98. The average molecular weight is 483 g/mol. The number of guanidine groups is 1. The zero-order valence-corrected chi connectivity index (χ0v) is 18.5. The number of benzene rings is 1. The third-order valence-electron chi connectivity index (χ3n) is 5.56. The van der Waals surface area contributed by atoms with Gasteiger partial charge in [-0.25, -0.2) is 4.99 Å². The van der Waals surface area contributed by atoms with Crippen molar-refractivity contribution in [1.29, 1.82) is 0 Å². The molecule has 4 heterocycles. The highest BCUT2D eigenvalue weighted by molar-refractivity contribution is 14.0. The maximum Gasteiger partial charge on any atom is 0.191 e. The molecule has 0 radical (unpaired) electrons. The number of nitrogens with one attached hydrogen (secondary N) is 2. The molecule has 0 amide bonds. The molecular formula is C20H30IN5O. The van der Waals surface area contributed by atoms with E-state index in [1.165, 1.54) is 37.1 Å². The van der Waals surface area contributed by atoms with Gasteiger partial charge in [-0.05, 0) is 19.9 Å². The molecular weight excluding hydrogens is 453 g/mol. The number of furan rings is 1. The molecule has 5 rings (SSSR count). The van der Waals surface area contributed by atoms with Crippen molar-refractivity contribution in [3.63, 3.8) is 0 Å². The van der Waals surface area contributed by atoms with Gasteiger partial charge in [0.1, 0.15) is 17.9 Å². The summed E-state index contributed by atoms with van der Waals surface area (Å²) in [5.41, 5.74) is 2.12. The van der Waals surface area contributed by atoms with Crippen LogP contribution in [-0.2, 0) is 6.54 Å². The SMILES string of the molecule is CCNC(=NCc1oc2ccccc2c1C)NCC1CN2CCN1CC2.I. The summed E-state index contributed by atoms with van der Waals surface area (Å²) in [6, 6.07) is 8.75. The summed E-state index contributed by atoms with van der Waals surface area (Å²) in [4.78, 5) is 9.92. The minimum atomic E-state index is 0. The number of para-hydroxylation sites is 1. The Hall–Kier alpha value is -1.32. The molecule has 1 atom stereocenters. The maximum absolute atomic E-state index is 5.98. The Morgan fingerprint density at radius 2 is 1.96 bits per heavy atom. The number of rotatable bonds is 5. The first-order valence-electron chi connectivity index (χ1n) is 9.70. The van der Waals surface area contributed by atoms with Crippen LogP contribution in [-0.4, -0.2) is 67.6 Å². The highest BCUT2D eigenvalue weighted by Gasteiger charge is 2.31. The van der Waals surface area contributed by atoms with Gasteiger partial charge in [-0.15, -0.1) is 24.0 Å². The van der Waals surface area contributed by atoms with Gasteiger partial charge in [-0.2, -0.15) is 0 Å². The average Bonchev–Trinajstić information content (AvgIpc) is 3.01. The zero-order chi connectivity index (χ0) is 17.9. The number of hydrogen-bond acceptors (Lipinski definition) is 4. The van der Waals surface area contributed by atoms with E-state index in [2.05, 4.69) is 40.3 Å². The molecule has 1 aromatic heterocycles. The van der Waals surface area contributed by atoms with Crippen LogP contribution >= 0.6 is 24.0 Å². The van der Waals surface area contributed by atoms with Crippen LogP contribution in [0.25, 0.3) is 11.0 Å². The molecule has 3 aliphatic heterocycles. The van der Waals surface area contributed by atoms with Crippen molar-refractivity contribution >= 4 is 40.9 Å². The number of hydrogen-bond donors (Lipinski definition) is 2. The Labute approximate surface area is 178 Å². The molecule has 0 saturated carbocycles. The van der Waals surface area contributed by atoms with Gasteiger partial charge in [0.25, 0.3) is 0 Å². The van der Waals surface area contributed by atoms with Crippen molar-refractivity contribution < 1.29 is 4.42 Å². The van der Waals surface area contributed by atoms with Gasteiger partial charge in [0.05, 0.1) is 0 Å². The van der Waals surface area contributed by atoms with Crippen molar-refractivity contribution in [2.45, 2.75) is 26.4 Å². The molecule has 2 bridgehead atoms. The van der Waals surface area contributed by atoms with E-state index in [0.717, 1.165) is 36.9 Å². The number of nitrogens with zero attached hydrogens (tertiary/aromatic N) is 3. The Bertz CT molecular complexity index is 782.